The largest absolute Gasteiger partial charge is 0.478 e. The summed E-state index contributed by atoms with van der Waals surface area (Å²) >= 11 is 5.76. The Morgan fingerprint density at radius 3 is 2.80 bits per heavy atom. The van der Waals surface area contributed by atoms with Crippen LogP contribution < -0.4 is 5.32 Å². The Morgan fingerprint density at radius 1 is 1.50 bits per heavy atom. The molecule has 0 bridgehead atoms. The summed E-state index contributed by atoms with van der Waals surface area (Å²) in [4.78, 5) is 22.9. The molecule has 1 saturated carbocycles. The summed E-state index contributed by atoms with van der Waals surface area (Å²) in [7, 11) is 0. The molecule has 1 unspecified atom stereocenters. The summed E-state index contributed by atoms with van der Waals surface area (Å²) in [6.45, 7) is 2.27. The number of aromatic carboxylic acids is 1. The number of hydrogen-bond acceptors (Lipinski definition) is 3. The predicted octanol–water partition coefficient (Wildman–Crippen LogP) is 2.79. The third-order valence-electron chi connectivity index (χ3n) is 3.11. The van der Waals surface area contributed by atoms with Crippen LogP contribution in [0.4, 0.5) is 5.69 Å². The van der Waals surface area contributed by atoms with Crippen LogP contribution in [0.2, 0.25) is 5.02 Å². The number of carbonyl (C=O) groups is 2. The number of carboxylic acids is 1. The first-order valence-corrected chi connectivity index (χ1v) is 6.80. The Bertz CT molecular complexity index is 528. The maximum atomic E-state index is 11.9. The second kappa shape index (κ2) is 6.24. The average Bonchev–Trinajstić information content (AvgIpc) is 3.21. The van der Waals surface area contributed by atoms with Crippen molar-refractivity contribution < 1.29 is 19.4 Å². The van der Waals surface area contributed by atoms with Crippen molar-refractivity contribution >= 4 is 29.2 Å². The summed E-state index contributed by atoms with van der Waals surface area (Å²) in [5.74, 6) is -0.854. The number of rotatable bonds is 6. The molecular formula is C14H16ClNO4. The quantitative estimate of drug-likeness (QED) is 0.846. The van der Waals surface area contributed by atoms with Gasteiger partial charge in [0.25, 0.3) is 5.91 Å². The first kappa shape index (κ1) is 14.8. The van der Waals surface area contributed by atoms with Crippen molar-refractivity contribution in [3.8, 4) is 0 Å². The predicted molar refractivity (Wildman–Crippen MR) is 75.2 cm³/mol. The number of hydrogen-bond donors (Lipinski definition) is 2. The lowest BCUT2D eigenvalue weighted by atomic mass is 10.2. The lowest BCUT2D eigenvalue weighted by Gasteiger charge is -2.13. The van der Waals surface area contributed by atoms with Gasteiger partial charge in [-0.1, -0.05) is 11.6 Å². The van der Waals surface area contributed by atoms with Gasteiger partial charge in [0.2, 0.25) is 0 Å². The Morgan fingerprint density at radius 2 is 2.20 bits per heavy atom. The molecule has 1 atom stereocenters. The van der Waals surface area contributed by atoms with Crippen LogP contribution in [0.15, 0.2) is 18.2 Å². The first-order chi connectivity index (χ1) is 9.47. The third-order valence-corrected chi connectivity index (χ3v) is 3.44. The monoisotopic (exact) mass is 297 g/mol. The highest BCUT2D eigenvalue weighted by Gasteiger charge is 2.24. The van der Waals surface area contributed by atoms with E-state index in [-0.39, 0.29) is 16.5 Å². The molecule has 2 N–H and O–H groups in total. The molecule has 1 aromatic carbocycles. The van der Waals surface area contributed by atoms with E-state index < -0.39 is 12.1 Å². The van der Waals surface area contributed by atoms with E-state index in [0.29, 0.717) is 18.2 Å². The van der Waals surface area contributed by atoms with Crippen molar-refractivity contribution in [2.75, 3.05) is 11.9 Å². The maximum absolute atomic E-state index is 11.9. The highest BCUT2D eigenvalue weighted by atomic mass is 35.5. The lowest BCUT2D eigenvalue weighted by Crippen LogP contribution is -2.28. The highest BCUT2D eigenvalue weighted by molar-refractivity contribution is 6.33. The van der Waals surface area contributed by atoms with Gasteiger partial charge in [0.05, 0.1) is 17.2 Å². The number of carbonyl (C=O) groups excluding carboxylic acids is 1. The molecule has 0 aromatic heterocycles. The van der Waals surface area contributed by atoms with Gasteiger partial charge in [-0.2, -0.15) is 0 Å². The number of halogens is 1. The van der Waals surface area contributed by atoms with Gasteiger partial charge in [-0.25, -0.2) is 4.79 Å². The topological polar surface area (TPSA) is 75.6 Å². The normalized spacial score (nSPS) is 15.7. The van der Waals surface area contributed by atoms with Crippen molar-refractivity contribution in [3.05, 3.63) is 28.8 Å². The van der Waals surface area contributed by atoms with Crippen LogP contribution in [0, 0.1) is 5.92 Å². The average molecular weight is 298 g/mol. The summed E-state index contributed by atoms with van der Waals surface area (Å²) in [5, 5.41) is 11.7. The summed E-state index contributed by atoms with van der Waals surface area (Å²) in [6, 6.07) is 4.33. The summed E-state index contributed by atoms with van der Waals surface area (Å²) in [5.41, 5.74) is 0.342. The van der Waals surface area contributed by atoms with E-state index in [1.165, 1.54) is 12.1 Å². The molecule has 6 heteroatoms. The molecular weight excluding hydrogens is 282 g/mol. The van der Waals surface area contributed by atoms with Gasteiger partial charge in [-0.05, 0) is 43.9 Å². The number of ether oxygens (including phenoxy) is 1. The van der Waals surface area contributed by atoms with Crippen LogP contribution in [-0.2, 0) is 9.53 Å². The number of benzene rings is 1. The van der Waals surface area contributed by atoms with Crippen molar-refractivity contribution in [3.63, 3.8) is 0 Å². The second-order valence-corrected chi connectivity index (χ2v) is 5.32. The van der Waals surface area contributed by atoms with Crippen LogP contribution in [0.3, 0.4) is 0 Å². The Balaban J connectivity index is 1.95. The van der Waals surface area contributed by atoms with Crippen molar-refractivity contribution in [1.82, 2.24) is 0 Å². The van der Waals surface area contributed by atoms with Crippen LogP contribution in [0.5, 0.6) is 0 Å². The van der Waals surface area contributed by atoms with E-state index in [0.717, 1.165) is 12.8 Å². The van der Waals surface area contributed by atoms with Gasteiger partial charge in [0.15, 0.2) is 0 Å². The molecule has 1 aromatic rings. The zero-order valence-electron chi connectivity index (χ0n) is 11.1. The third kappa shape index (κ3) is 3.95. The Labute approximate surface area is 121 Å². The van der Waals surface area contributed by atoms with Crippen LogP contribution in [0.1, 0.15) is 30.1 Å². The van der Waals surface area contributed by atoms with Gasteiger partial charge >= 0.3 is 5.97 Å². The molecule has 1 amide bonds. The molecule has 1 aliphatic carbocycles. The fourth-order valence-corrected chi connectivity index (χ4v) is 1.85. The van der Waals surface area contributed by atoms with Gasteiger partial charge in [-0.3, -0.25) is 4.79 Å². The summed E-state index contributed by atoms with van der Waals surface area (Å²) in [6.07, 6.45) is 1.75. The van der Waals surface area contributed by atoms with E-state index in [1.807, 2.05) is 0 Å². The molecule has 1 aliphatic rings. The van der Waals surface area contributed by atoms with E-state index in [9.17, 15) is 9.59 Å². The molecule has 20 heavy (non-hydrogen) atoms. The minimum absolute atomic E-state index is 0.0454. The smallest absolute Gasteiger partial charge is 0.337 e. The number of carboxylic acid groups (broad SMARTS) is 1. The molecule has 5 nitrogen and oxygen atoms in total. The zero-order chi connectivity index (χ0) is 14.7. The number of nitrogens with one attached hydrogen (secondary N) is 1. The minimum Gasteiger partial charge on any atom is -0.478 e. The molecule has 0 saturated heterocycles. The summed E-state index contributed by atoms with van der Waals surface area (Å²) < 4.78 is 5.45. The molecule has 0 radical (unpaired) electrons. The van der Waals surface area contributed by atoms with Crippen LogP contribution in [0.25, 0.3) is 0 Å². The molecule has 0 spiro atoms. The minimum atomic E-state index is -1.14. The highest BCUT2D eigenvalue weighted by Crippen LogP contribution is 2.29. The standard InChI is InChI=1S/C14H16ClNO4/c1-8(20-7-9-2-3-9)13(17)16-10-4-5-12(15)11(6-10)14(18)19/h4-6,8-9H,2-3,7H2,1H3,(H,16,17)(H,18,19). The van der Waals surface area contributed by atoms with Gasteiger partial charge in [0, 0.05) is 5.69 Å². The van der Waals surface area contributed by atoms with Crippen LogP contribution in [-0.4, -0.2) is 29.7 Å². The molecule has 2 rings (SSSR count). The number of amides is 1. The van der Waals surface area contributed by atoms with Gasteiger partial charge < -0.3 is 15.2 Å². The SMILES string of the molecule is CC(OCC1CC1)C(=O)Nc1ccc(Cl)c(C(=O)O)c1. The van der Waals surface area contributed by atoms with Crippen LogP contribution >= 0.6 is 11.6 Å². The van der Waals surface area contributed by atoms with Crippen molar-refractivity contribution in [2.24, 2.45) is 5.92 Å². The lowest BCUT2D eigenvalue weighted by molar-refractivity contribution is -0.126. The maximum Gasteiger partial charge on any atom is 0.337 e. The zero-order valence-corrected chi connectivity index (χ0v) is 11.8. The fraction of sp³-hybridized carbons (Fsp3) is 0.429. The Hall–Kier alpha value is -1.59. The first-order valence-electron chi connectivity index (χ1n) is 6.42. The molecule has 0 aliphatic heterocycles. The Kier molecular flexibility index (Phi) is 4.62. The van der Waals surface area contributed by atoms with E-state index in [2.05, 4.69) is 5.32 Å². The molecule has 108 valence electrons. The number of anilines is 1. The fourth-order valence-electron chi connectivity index (χ4n) is 1.65. The van der Waals surface area contributed by atoms with E-state index in [4.69, 9.17) is 21.4 Å². The van der Waals surface area contributed by atoms with E-state index in [1.54, 1.807) is 13.0 Å². The second-order valence-electron chi connectivity index (χ2n) is 4.91. The molecule has 1 fully saturated rings. The molecule has 0 heterocycles. The van der Waals surface area contributed by atoms with Crippen molar-refractivity contribution in [2.45, 2.75) is 25.9 Å². The van der Waals surface area contributed by atoms with Gasteiger partial charge in [0.1, 0.15) is 6.10 Å². The van der Waals surface area contributed by atoms with E-state index >= 15 is 0 Å². The van der Waals surface area contributed by atoms with Gasteiger partial charge in [-0.15, -0.1) is 0 Å². The van der Waals surface area contributed by atoms with Crippen molar-refractivity contribution in [1.29, 1.82) is 0 Å².